The van der Waals surface area contributed by atoms with E-state index >= 15 is 0 Å². The van der Waals surface area contributed by atoms with E-state index in [-0.39, 0.29) is 5.75 Å². The summed E-state index contributed by atoms with van der Waals surface area (Å²) < 4.78 is 39.7. The third kappa shape index (κ3) is 3.04. The van der Waals surface area contributed by atoms with Gasteiger partial charge in [-0.3, -0.25) is 0 Å². The Morgan fingerprint density at radius 2 is 1.78 bits per heavy atom. The van der Waals surface area contributed by atoms with E-state index < -0.39 is 12.4 Å². The molecule has 0 spiro atoms. The van der Waals surface area contributed by atoms with Gasteiger partial charge in [-0.1, -0.05) is 12.1 Å². The van der Waals surface area contributed by atoms with Gasteiger partial charge in [0, 0.05) is 11.9 Å². The molecule has 0 unspecified atom stereocenters. The Morgan fingerprint density at radius 3 is 2.28 bits per heavy atom. The van der Waals surface area contributed by atoms with E-state index in [1.165, 1.54) is 24.3 Å². The van der Waals surface area contributed by atoms with Gasteiger partial charge in [-0.2, -0.15) is 0 Å². The molecule has 3 nitrogen and oxygen atoms in total. The van der Waals surface area contributed by atoms with Crippen molar-refractivity contribution < 1.29 is 17.9 Å². The van der Waals surface area contributed by atoms with E-state index in [4.69, 9.17) is 5.73 Å². The molecule has 1 aromatic heterocycles. The Labute approximate surface area is 101 Å². The van der Waals surface area contributed by atoms with Crippen LogP contribution in [0.5, 0.6) is 5.75 Å². The fourth-order valence-electron chi connectivity index (χ4n) is 1.59. The Kier molecular flexibility index (Phi) is 3.29. The topological polar surface area (TPSA) is 51.0 Å². The first-order chi connectivity index (χ1) is 8.46. The van der Waals surface area contributed by atoms with Gasteiger partial charge in [-0.05, 0) is 29.8 Å². The number of hydrogen-bond acceptors (Lipinski definition) is 2. The molecule has 0 fully saturated rings. The third-order valence-electron chi connectivity index (χ3n) is 2.43. The lowest BCUT2D eigenvalue weighted by Gasteiger charge is -2.12. The first-order valence-electron chi connectivity index (χ1n) is 5.20. The van der Waals surface area contributed by atoms with E-state index in [0.29, 0.717) is 5.56 Å². The molecule has 2 aromatic rings. The number of halogens is 3. The standard InChI is InChI=1S/C12H11F3N2O/c13-12(14,15)18-9-5-3-8(4-6-9)11(16)10-2-1-7-17-10/h1-7,11,17H,16H2/t11-/m1/s1. The molecule has 0 amide bonds. The zero-order chi connectivity index (χ0) is 13.2. The van der Waals surface area contributed by atoms with Gasteiger partial charge < -0.3 is 15.5 Å². The first-order valence-corrected chi connectivity index (χ1v) is 5.20. The molecule has 3 N–H and O–H groups in total. The van der Waals surface area contributed by atoms with Gasteiger partial charge in [-0.25, -0.2) is 0 Å². The van der Waals surface area contributed by atoms with Crippen molar-refractivity contribution in [2.75, 3.05) is 0 Å². The monoisotopic (exact) mass is 256 g/mol. The number of benzene rings is 1. The van der Waals surface area contributed by atoms with Crippen LogP contribution in [0.1, 0.15) is 17.3 Å². The van der Waals surface area contributed by atoms with Crippen molar-refractivity contribution in [1.29, 1.82) is 0 Å². The Balaban J connectivity index is 2.13. The van der Waals surface area contributed by atoms with E-state index in [2.05, 4.69) is 9.72 Å². The van der Waals surface area contributed by atoms with Crippen LogP contribution in [0.3, 0.4) is 0 Å². The number of ether oxygens (including phenoxy) is 1. The van der Waals surface area contributed by atoms with Crippen LogP contribution in [0.4, 0.5) is 13.2 Å². The van der Waals surface area contributed by atoms with Crippen LogP contribution in [-0.4, -0.2) is 11.3 Å². The van der Waals surface area contributed by atoms with Gasteiger partial charge in [-0.15, -0.1) is 13.2 Å². The summed E-state index contributed by atoms with van der Waals surface area (Å²) in [5.41, 5.74) is 7.44. The molecule has 0 aliphatic carbocycles. The van der Waals surface area contributed by atoms with Crippen LogP contribution in [0, 0.1) is 0 Å². The maximum Gasteiger partial charge on any atom is 0.573 e. The summed E-state index contributed by atoms with van der Waals surface area (Å²) >= 11 is 0. The fraction of sp³-hybridized carbons (Fsp3) is 0.167. The molecule has 1 heterocycles. The van der Waals surface area contributed by atoms with Crippen LogP contribution in [0.2, 0.25) is 0 Å². The predicted octanol–water partition coefficient (Wildman–Crippen LogP) is 2.96. The average molecular weight is 256 g/mol. The fourth-order valence-corrected chi connectivity index (χ4v) is 1.59. The first kappa shape index (κ1) is 12.5. The van der Waals surface area contributed by atoms with E-state index in [1.54, 1.807) is 12.3 Å². The summed E-state index contributed by atoms with van der Waals surface area (Å²) in [6.07, 6.45) is -2.95. The minimum Gasteiger partial charge on any atom is -0.406 e. The second-order valence-corrected chi connectivity index (χ2v) is 3.72. The number of H-pyrrole nitrogens is 1. The quantitative estimate of drug-likeness (QED) is 0.887. The summed E-state index contributed by atoms with van der Waals surface area (Å²) in [6, 6.07) is 8.71. The summed E-state index contributed by atoms with van der Waals surface area (Å²) in [5.74, 6) is -0.259. The molecule has 1 atom stereocenters. The van der Waals surface area contributed by atoms with Crippen LogP contribution >= 0.6 is 0 Å². The molecule has 0 saturated carbocycles. The van der Waals surface area contributed by atoms with E-state index in [0.717, 1.165) is 5.69 Å². The summed E-state index contributed by atoms with van der Waals surface area (Å²) in [5, 5.41) is 0. The van der Waals surface area contributed by atoms with Crippen molar-refractivity contribution in [3.05, 3.63) is 53.9 Å². The number of hydrogen-bond donors (Lipinski definition) is 2. The molecule has 0 bridgehead atoms. The number of alkyl halides is 3. The van der Waals surface area contributed by atoms with E-state index in [1.807, 2.05) is 6.07 Å². The molecule has 1 aromatic carbocycles. The Bertz CT molecular complexity index is 491. The predicted molar refractivity (Wildman–Crippen MR) is 59.9 cm³/mol. The SMILES string of the molecule is N[C@H](c1ccc(OC(F)(F)F)cc1)c1ccc[nH]1. The van der Waals surface area contributed by atoms with Crippen LogP contribution < -0.4 is 10.5 Å². The largest absolute Gasteiger partial charge is 0.573 e. The molecular weight excluding hydrogens is 245 g/mol. The summed E-state index contributed by atoms with van der Waals surface area (Å²) in [7, 11) is 0. The highest BCUT2D eigenvalue weighted by atomic mass is 19.4. The Morgan fingerprint density at radius 1 is 1.11 bits per heavy atom. The molecule has 2 rings (SSSR count). The molecule has 18 heavy (non-hydrogen) atoms. The van der Waals surface area contributed by atoms with Crippen molar-refractivity contribution in [3.8, 4) is 5.75 Å². The van der Waals surface area contributed by atoms with Gasteiger partial charge >= 0.3 is 6.36 Å². The highest BCUT2D eigenvalue weighted by molar-refractivity contribution is 5.33. The van der Waals surface area contributed by atoms with Crippen LogP contribution in [-0.2, 0) is 0 Å². The number of rotatable bonds is 3. The Hall–Kier alpha value is -1.95. The number of nitrogens with one attached hydrogen (secondary N) is 1. The van der Waals surface area contributed by atoms with Crippen molar-refractivity contribution >= 4 is 0 Å². The zero-order valence-electron chi connectivity index (χ0n) is 9.24. The molecule has 6 heteroatoms. The number of aromatic nitrogens is 1. The molecule has 0 aliphatic heterocycles. The van der Waals surface area contributed by atoms with Gasteiger partial charge in [0.05, 0.1) is 6.04 Å². The normalized spacial score (nSPS) is 13.3. The lowest BCUT2D eigenvalue weighted by atomic mass is 10.1. The highest BCUT2D eigenvalue weighted by Crippen LogP contribution is 2.25. The third-order valence-corrected chi connectivity index (χ3v) is 2.43. The summed E-state index contributed by atoms with van der Waals surface area (Å²) in [4.78, 5) is 2.95. The lowest BCUT2D eigenvalue weighted by molar-refractivity contribution is -0.274. The number of aromatic amines is 1. The van der Waals surface area contributed by atoms with Crippen LogP contribution in [0.25, 0.3) is 0 Å². The molecule has 96 valence electrons. The summed E-state index contributed by atoms with van der Waals surface area (Å²) in [6.45, 7) is 0. The molecule has 0 aliphatic rings. The van der Waals surface area contributed by atoms with Crippen LogP contribution in [0.15, 0.2) is 42.6 Å². The van der Waals surface area contributed by atoms with Gasteiger partial charge in [0.15, 0.2) is 0 Å². The number of nitrogens with two attached hydrogens (primary N) is 1. The second-order valence-electron chi connectivity index (χ2n) is 3.72. The van der Waals surface area contributed by atoms with E-state index in [9.17, 15) is 13.2 Å². The second kappa shape index (κ2) is 4.73. The minimum absolute atomic E-state index is 0.259. The smallest absolute Gasteiger partial charge is 0.406 e. The molecular formula is C12H11F3N2O. The zero-order valence-corrected chi connectivity index (χ0v) is 9.24. The van der Waals surface area contributed by atoms with Gasteiger partial charge in [0.1, 0.15) is 5.75 Å². The molecule has 0 saturated heterocycles. The maximum atomic E-state index is 12.0. The van der Waals surface area contributed by atoms with Crippen molar-refractivity contribution in [3.63, 3.8) is 0 Å². The lowest BCUT2D eigenvalue weighted by Crippen LogP contribution is -2.17. The highest BCUT2D eigenvalue weighted by Gasteiger charge is 2.31. The maximum absolute atomic E-state index is 12.0. The van der Waals surface area contributed by atoms with Gasteiger partial charge in [0.25, 0.3) is 0 Å². The van der Waals surface area contributed by atoms with Crippen molar-refractivity contribution in [2.24, 2.45) is 5.73 Å². The molecule has 0 radical (unpaired) electrons. The van der Waals surface area contributed by atoms with Crippen molar-refractivity contribution in [1.82, 2.24) is 4.98 Å². The van der Waals surface area contributed by atoms with Gasteiger partial charge in [0.2, 0.25) is 0 Å². The average Bonchev–Trinajstić information content (AvgIpc) is 2.80. The minimum atomic E-state index is -4.68. The van der Waals surface area contributed by atoms with Crippen molar-refractivity contribution in [2.45, 2.75) is 12.4 Å².